The van der Waals surface area contributed by atoms with E-state index in [0.29, 0.717) is 19.7 Å². The van der Waals surface area contributed by atoms with E-state index in [4.69, 9.17) is 4.74 Å². The number of carbonyl (C=O) groups is 1. The average Bonchev–Trinajstić information content (AvgIpc) is 2.40. The first-order valence-corrected chi connectivity index (χ1v) is 6.41. The van der Waals surface area contributed by atoms with Crippen molar-refractivity contribution in [2.75, 3.05) is 26.2 Å². The van der Waals surface area contributed by atoms with Crippen LogP contribution in [-0.2, 0) is 16.0 Å². The smallest absolute Gasteiger partial charge is 0.250 e. The molecule has 1 aromatic rings. The Bertz CT molecular complexity index is 406. The number of ether oxygens (including phenoxy) is 1. The summed E-state index contributed by atoms with van der Waals surface area (Å²) in [7, 11) is 0. The van der Waals surface area contributed by atoms with E-state index in [1.807, 2.05) is 6.07 Å². The number of hydrogen-bond donors (Lipinski definition) is 2. The lowest BCUT2D eigenvalue weighted by atomic mass is 10.1. The highest BCUT2D eigenvalue weighted by atomic mass is 35.5. The van der Waals surface area contributed by atoms with Crippen molar-refractivity contribution < 1.29 is 9.53 Å². The molecule has 1 amide bonds. The summed E-state index contributed by atoms with van der Waals surface area (Å²) in [5.74, 6) is -0.0187. The van der Waals surface area contributed by atoms with Gasteiger partial charge in [-0.25, -0.2) is 0 Å². The molecule has 0 spiro atoms. The zero-order valence-corrected chi connectivity index (χ0v) is 12.0. The third-order valence-electron chi connectivity index (χ3n) is 3.02. The van der Waals surface area contributed by atoms with Crippen molar-refractivity contribution in [2.45, 2.75) is 19.4 Å². The highest BCUT2D eigenvalue weighted by Crippen LogP contribution is 2.04. The molecule has 0 aromatic heterocycles. The van der Waals surface area contributed by atoms with Gasteiger partial charge in [-0.2, -0.15) is 0 Å². The minimum atomic E-state index is -0.337. The highest BCUT2D eigenvalue weighted by molar-refractivity contribution is 5.85. The molecule has 0 saturated carbocycles. The standard InChI is InChI=1S/C14H20N2O2.ClH/c1-11-3-2-4-12(9-11)5-6-16-14(17)13-10-15-7-8-18-13;/h2-4,9,13,15H,5-8,10H2,1H3,(H,16,17);1H. The molecule has 1 unspecified atom stereocenters. The molecule has 1 heterocycles. The summed E-state index contributed by atoms with van der Waals surface area (Å²) in [6, 6.07) is 8.34. The molecule has 106 valence electrons. The number of nitrogens with one attached hydrogen (secondary N) is 2. The van der Waals surface area contributed by atoms with E-state index in [1.54, 1.807) is 0 Å². The summed E-state index contributed by atoms with van der Waals surface area (Å²) in [5, 5.41) is 6.06. The predicted octanol–water partition coefficient (Wildman–Crippen LogP) is 1.06. The third kappa shape index (κ3) is 5.19. The second kappa shape index (κ2) is 8.15. The van der Waals surface area contributed by atoms with Crippen LogP contribution in [0, 0.1) is 6.92 Å². The Morgan fingerprint density at radius 3 is 3.05 bits per heavy atom. The number of hydrogen-bond acceptors (Lipinski definition) is 3. The number of rotatable bonds is 4. The molecule has 0 bridgehead atoms. The lowest BCUT2D eigenvalue weighted by Crippen LogP contribution is -2.48. The molecule has 1 saturated heterocycles. The Labute approximate surface area is 120 Å². The van der Waals surface area contributed by atoms with E-state index in [2.05, 4.69) is 35.8 Å². The van der Waals surface area contributed by atoms with Crippen LogP contribution in [0.2, 0.25) is 0 Å². The second-order valence-electron chi connectivity index (χ2n) is 4.59. The summed E-state index contributed by atoms with van der Waals surface area (Å²) in [4.78, 5) is 11.8. The van der Waals surface area contributed by atoms with Gasteiger partial charge in [-0.15, -0.1) is 12.4 Å². The molecular formula is C14H21ClN2O2. The minimum Gasteiger partial charge on any atom is -0.366 e. The Kier molecular flexibility index (Phi) is 6.84. The third-order valence-corrected chi connectivity index (χ3v) is 3.02. The van der Waals surface area contributed by atoms with Gasteiger partial charge in [0.15, 0.2) is 0 Å². The molecule has 1 fully saturated rings. The fourth-order valence-electron chi connectivity index (χ4n) is 2.05. The van der Waals surface area contributed by atoms with Gasteiger partial charge in [-0.05, 0) is 18.9 Å². The molecule has 1 aliphatic heterocycles. The summed E-state index contributed by atoms with van der Waals surface area (Å²) >= 11 is 0. The van der Waals surface area contributed by atoms with Gasteiger partial charge in [0.2, 0.25) is 5.91 Å². The van der Waals surface area contributed by atoms with Crippen molar-refractivity contribution in [3.8, 4) is 0 Å². The van der Waals surface area contributed by atoms with E-state index in [-0.39, 0.29) is 24.4 Å². The topological polar surface area (TPSA) is 50.4 Å². The number of carbonyl (C=O) groups excluding carboxylic acids is 1. The average molecular weight is 285 g/mol. The van der Waals surface area contributed by atoms with Crippen LogP contribution in [0.5, 0.6) is 0 Å². The first kappa shape index (κ1) is 16.0. The summed E-state index contributed by atoms with van der Waals surface area (Å²) in [5.41, 5.74) is 2.50. The first-order chi connectivity index (χ1) is 8.75. The van der Waals surface area contributed by atoms with Crippen LogP contribution < -0.4 is 10.6 Å². The van der Waals surface area contributed by atoms with E-state index in [1.165, 1.54) is 11.1 Å². The lowest BCUT2D eigenvalue weighted by Gasteiger charge is -2.22. The largest absolute Gasteiger partial charge is 0.366 e. The molecule has 1 atom stereocenters. The Hall–Kier alpha value is -1.10. The van der Waals surface area contributed by atoms with Gasteiger partial charge in [-0.3, -0.25) is 4.79 Å². The first-order valence-electron chi connectivity index (χ1n) is 6.41. The Morgan fingerprint density at radius 1 is 1.53 bits per heavy atom. The van der Waals surface area contributed by atoms with Gasteiger partial charge in [0.05, 0.1) is 6.61 Å². The zero-order valence-electron chi connectivity index (χ0n) is 11.1. The van der Waals surface area contributed by atoms with Crippen LogP contribution in [0.3, 0.4) is 0 Å². The summed E-state index contributed by atoms with van der Waals surface area (Å²) < 4.78 is 5.39. The molecule has 2 rings (SSSR count). The molecule has 1 aliphatic rings. The van der Waals surface area contributed by atoms with Gasteiger partial charge < -0.3 is 15.4 Å². The van der Waals surface area contributed by atoms with E-state index in [9.17, 15) is 4.79 Å². The second-order valence-corrected chi connectivity index (χ2v) is 4.59. The number of amides is 1. The van der Waals surface area contributed by atoms with Crippen molar-refractivity contribution >= 4 is 18.3 Å². The molecule has 4 nitrogen and oxygen atoms in total. The van der Waals surface area contributed by atoms with Crippen molar-refractivity contribution in [2.24, 2.45) is 0 Å². The Balaban J connectivity index is 0.00000180. The SMILES string of the molecule is Cc1cccc(CCNC(=O)C2CNCCO2)c1.Cl. The van der Waals surface area contributed by atoms with Gasteiger partial charge in [0.25, 0.3) is 0 Å². The monoisotopic (exact) mass is 284 g/mol. The minimum absolute atomic E-state index is 0. The maximum atomic E-state index is 11.8. The Morgan fingerprint density at radius 2 is 2.37 bits per heavy atom. The van der Waals surface area contributed by atoms with Crippen LogP contribution in [0.1, 0.15) is 11.1 Å². The summed E-state index contributed by atoms with van der Waals surface area (Å²) in [6.45, 7) is 4.77. The van der Waals surface area contributed by atoms with E-state index >= 15 is 0 Å². The number of morpholine rings is 1. The van der Waals surface area contributed by atoms with Crippen molar-refractivity contribution in [1.82, 2.24) is 10.6 Å². The van der Waals surface area contributed by atoms with Gasteiger partial charge >= 0.3 is 0 Å². The van der Waals surface area contributed by atoms with Crippen LogP contribution >= 0.6 is 12.4 Å². The van der Waals surface area contributed by atoms with Crippen molar-refractivity contribution in [1.29, 1.82) is 0 Å². The van der Waals surface area contributed by atoms with Gasteiger partial charge in [0.1, 0.15) is 6.10 Å². The van der Waals surface area contributed by atoms with Crippen molar-refractivity contribution in [3.05, 3.63) is 35.4 Å². The molecule has 2 N–H and O–H groups in total. The maximum Gasteiger partial charge on any atom is 0.250 e. The zero-order chi connectivity index (χ0) is 12.8. The van der Waals surface area contributed by atoms with E-state index in [0.717, 1.165) is 13.0 Å². The molecule has 0 aliphatic carbocycles. The molecule has 5 heteroatoms. The normalized spacial score (nSPS) is 18.5. The summed E-state index contributed by atoms with van der Waals surface area (Å²) in [6.07, 6.45) is 0.518. The highest BCUT2D eigenvalue weighted by Gasteiger charge is 2.20. The van der Waals surface area contributed by atoms with Crippen molar-refractivity contribution in [3.63, 3.8) is 0 Å². The maximum absolute atomic E-state index is 11.8. The quantitative estimate of drug-likeness (QED) is 0.869. The van der Waals surface area contributed by atoms with Crippen LogP contribution in [0.4, 0.5) is 0 Å². The van der Waals surface area contributed by atoms with Crippen LogP contribution in [0.25, 0.3) is 0 Å². The number of aryl methyl sites for hydroxylation is 1. The fourth-order valence-corrected chi connectivity index (χ4v) is 2.05. The number of halogens is 1. The van der Waals surface area contributed by atoms with Crippen LogP contribution in [0.15, 0.2) is 24.3 Å². The lowest BCUT2D eigenvalue weighted by molar-refractivity contribution is -0.134. The molecular weight excluding hydrogens is 264 g/mol. The molecule has 1 aromatic carbocycles. The molecule has 0 radical (unpaired) electrons. The van der Waals surface area contributed by atoms with E-state index < -0.39 is 0 Å². The van der Waals surface area contributed by atoms with Crippen LogP contribution in [-0.4, -0.2) is 38.3 Å². The van der Waals surface area contributed by atoms with Gasteiger partial charge in [-0.1, -0.05) is 29.8 Å². The number of benzene rings is 1. The molecule has 19 heavy (non-hydrogen) atoms. The fraction of sp³-hybridized carbons (Fsp3) is 0.500. The van der Waals surface area contributed by atoms with Gasteiger partial charge in [0, 0.05) is 19.6 Å². The predicted molar refractivity (Wildman–Crippen MR) is 77.8 cm³/mol.